The number of hydrogen-bond acceptors (Lipinski definition) is 3. The highest BCUT2D eigenvalue weighted by atomic mass is 19.4. The topological polar surface area (TPSA) is 42.7 Å². The van der Waals surface area contributed by atoms with Crippen molar-refractivity contribution in [2.75, 3.05) is 6.54 Å². The van der Waals surface area contributed by atoms with Crippen molar-refractivity contribution in [1.29, 1.82) is 0 Å². The molecule has 0 saturated carbocycles. The number of fused-ring (bicyclic) bond motifs is 1. The van der Waals surface area contributed by atoms with Crippen molar-refractivity contribution in [3.63, 3.8) is 0 Å². The molecule has 16 heavy (non-hydrogen) atoms. The van der Waals surface area contributed by atoms with Gasteiger partial charge in [0, 0.05) is 25.0 Å². The predicted molar refractivity (Wildman–Crippen MR) is 50.9 cm³/mol. The van der Waals surface area contributed by atoms with Crippen molar-refractivity contribution in [2.45, 2.75) is 38.5 Å². The van der Waals surface area contributed by atoms with E-state index in [1.165, 1.54) is 4.57 Å². The van der Waals surface area contributed by atoms with E-state index in [1.807, 2.05) is 13.8 Å². The van der Waals surface area contributed by atoms with E-state index in [1.54, 1.807) is 0 Å². The first-order valence-electron chi connectivity index (χ1n) is 5.15. The van der Waals surface area contributed by atoms with Crippen molar-refractivity contribution >= 4 is 0 Å². The van der Waals surface area contributed by atoms with Crippen LogP contribution in [0, 0.1) is 0 Å². The van der Waals surface area contributed by atoms with E-state index in [2.05, 4.69) is 15.5 Å². The van der Waals surface area contributed by atoms with Crippen LogP contribution in [0.1, 0.15) is 31.4 Å². The van der Waals surface area contributed by atoms with Gasteiger partial charge in [-0.05, 0) is 6.92 Å². The standard InChI is InChI=1S/C9H13F3N4/c1-5-6(2)13-3-4-16-7(5)14-15-8(16)9(10,11)12/h5-6,13H,3-4H2,1-2H3. The fraction of sp³-hybridized carbons (Fsp3) is 0.778. The summed E-state index contributed by atoms with van der Waals surface area (Å²) in [5.74, 6) is -0.568. The zero-order chi connectivity index (χ0) is 11.9. The smallest absolute Gasteiger partial charge is 0.312 e. The largest absolute Gasteiger partial charge is 0.451 e. The maximum atomic E-state index is 12.6. The van der Waals surface area contributed by atoms with Gasteiger partial charge in [-0.2, -0.15) is 13.2 Å². The SMILES string of the molecule is CC1NCCn2c(nnc2C(F)(F)F)C1C. The molecule has 0 aromatic carbocycles. The number of halogens is 3. The summed E-state index contributed by atoms with van der Waals surface area (Å²) in [5.41, 5.74) is 0. The van der Waals surface area contributed by atoms with Crippen molar-refractivity contribution in [2.24, 2.45) is 0 Å². The van der Waals surface area contributed by atoms with Gasteiger partial charge in [0.05, 0.1) is 0 Å². The van der Waals surface area contributed by atoms with Crippen LogP contribution in [0.5, 0.6) is 0 Å². The van der Waals surface area contributed by atoms with Gasteiger partial charge in [-0.15, -0.1) is 10.2 Å². The lowest BCUT2D eigenvalue weighted by Gasteiger charge is -2.15. The van der Waals surface area contributed by atoms with Gasteiger partial charge in [-0.3, -0.25) is 0 Å². The van der Waals surface area contributed by atoms with Gasteiger partial charge in [-0.1, -0.05) is 6.92 Å². The van der Waals surface area contributed by atoms with E-state index in [4.69, 9.17) is 0 Å². The lowest BCUT2D eigenvalue weighted by Crippen LogP contribution is -2.30. The molecule has 2 rings (SSSR count). The molecule has 1 aliphatic heterocycles. The Morgan fingerprint density at radius 2 is 2.00 bits per heavy atom. The van der Waals surface area contributed by atoms with E-state index in [-0.39, 0.29) is 18.5 Å². The third kappa shape index (κ3) is 1.79. The average Bonchev–Trinajstić information content (AvgIpc) is 2.54. The molecule has 7 heteroatoms. The molecule has 2 unspecified atom stereocenters. The molecule has 1 aromatic rings. The zero-order valence-corrected chi connectivity index (χ0v) is 9.04. The zero-order valence-electron chi connectivity index (χ0n) is 9.04. The van der Waals surface area contributed by atoms with Crippen LogP contribution >= 0.6 is 0 Å². The molecule has 0 saturated heterocycles. The minimum atomic E-state index is -4.43. The molecular weight excluding hydrogens is 221 g/mol. The monoisotopic (exact) mass is 234 g/mol. The van der Waals surface area contributed by atoms with Crippen molar-refractivity contribution < 1.29 is 13.2 Å². The molecule has 0 amide bonds. The minimum Gasteiger partial charge on any atom is -0.312 e. The highest BCUT2D eigenvalue weighted by molar-refractivity contribution is 5.07. The molecule has 0 bridgehead atoms. The second-order valence-electron chi connectivity index (χ2n) is 4.06. The summed E-state index contributed by atoms with van der Waals surface area (Å²) in [6.45, 7) is 4.54. The third-order valence-electron chi connectivity index (χ3n) is 2.99. The molecule has 1 aliphatic rings. The van der Waals surface area contributed by atoms with Crippen LogP contribution in [0.15, 0.2) is 0 Å². The van der Waals surface area contributed by atoms with Gasteiger partial charge < -0.3 is 9.88 Å². The van der Waals surface area contributed by atoms with E-state index >= 15 is 0 Å². The maximum Gasteiger partial charge on any atom is 0.451 e. The first-order valence-corrected chi connectivity index (χ1v) is 5.15. The summed E-state index contributed by atoms with van der Waals surface area (Å²) in [5, 5.41) is 10.1. The Morgan fingerprint density at radius 1 is 1.31 bits per heavy atom. The number of alkyl halides is 3. The van der Waals surface area contributed by atoms with Gasteiger partial charge >= 0.3 is 6.18 Å². The summed E-state index contributed by atoms with van der Waals surface area (Å²) in [7, 11) is 0. The summed E-state index contributed by atoms with van der Waals surface area (Å²) in [6, 6.07) is 0.103. The lowest BCUT2D eigenvalue weighted by molar-refractivity contribution is -0.147. The third-order valence-corrected chi connectivity index (χ3v) is 2.99. The number of nitrogens with zero attached hydrogens (tertiary/aromatic N) is 3. The average molecular weight is 234 g/mol. The Morgan fingerprint density at radius 3 is 2.62 bits per heavy atom. The fourth-order valence-corrected chi connectivity index (χ4v) is 1.89. The molecule has 0 fully saturated rings. The number of hydrogen-bond donors (Lipinski definition) is 1. The minimum absolute atomic E-state index is 0.0777. The van der Waals surface area contributed by atoms with Crippen LogP contribution in [0.25, 0.3) is 0 Å². The highest BCUT2D eigenvalue weighted by Crippen LogP contribution is 2.30. The van der Waals surface area contributed by atoms with E-state index in [0.29, 0.717) is 12.4 Å². The normalized spacial score (nSPS) is 26.3. The first-order chi connectivity index (χ1) is 7.41. The summed E-state index contributed by atoms with van der Waals surface area (Å²) in [6.07, 6.45) is -4.43. The van der Waals surface area contributed by atoms with Crippen LogP contribution in [0.4, 0.5) is 13.2 Å². The van der Waals surface area contributed by atoms with Crippen LogP contribution in [-0.4, -0.2) is 27.4 Å². The van der Waals surface area contributed by atoms with Gasteiger partial charge in [-0.25, -0.2) is 0 Å². The second-order valence-corrected chi connectivity index (χ2v) is 4.06. The highest BCUT2D eigenvalue weighted by Gasteiger charge is 2.39. The molecule has 2 atom stereocenters. The Labute approximate surface area is 90.9 Å². The molecule has 1 N–H and O–H groups in total. The molecular formula is C9H13F3N4. The number of rotatable bonds is 0. The summed E-state index contributed by atoms with van der Waals surface area (Å²) in [4.78, 5) is 0. The van der Waals surface area contributed by atoms with Gasteiger partial charge in [0.25, 0.3) is 0 Å². The summed E-state index contributed by atoms with van der Waals surface area (Å²) < 4.78 is 39.0. The van der Waals surface area contributed by atoms with E-state index < -0.39 is 12.0 Å². The van der Waals surface area contributed by atoms with Crippen molar-refractivity contribution in [1.82, 2.24) is 20.1 Å². The van der Waals surface area contributed by atoms with E-state index in [9.17, 15) is 13.2 Å². The van der Waals surface area contributed by atoms with Gasteiger partial charge in [0.15, 0.2) is 0 Å². The number of nitrogens with one attached hydrogen (secondary N) is 1. The lowest BCUT2D eigenvalue weighted by atomic mass is 10.0. The molecule has 0 aliphatic carbocycles. The molecule has 90 valence electrons. The second kappa shape index (κ2) is 3.73. The Balaban J connectivity index is 2.45. The van der Waals surface area contributed by atoms with E-state index in [0.717, 1.165) is 0 Å². The molecule has 4 nitrogen and oxygen atoms in total. The van der Waals surface area contributed by atoms with Gasteiger partial charge in [0.1, 0.15) is 5.82 Å². The summed E-state index contributed by atoms with van der Waals surface area (Å²) >= 11 is 0. The predicted octanol–water partition coefficient (Wildman–Crippen LogP) is 1.39. The quantitative estimate of drug-likeness (QED) is 0.737. The Bertz CT molecular complexity index is 385. The van der Waals surface area contributed by atoms with Crippen LogP contribution in [0.2, 0.25) is 0 Å². The van der Waals surface area contributed by atoms with Crippen molar-refractivity contribution in [3.05, 3.63) is 11.6 Å². The fourth-order valence-electron chi connectivity index (χ4n) is 1.89. The molecule has 2 heterocycles. The van der Waals surface area contributed by atoms with Crippen LogP contribution in [-0.2, 0) is 12.7 Å². The molecule has 1 aromatic heterocycles. The molecule has 0 radical (unpaired) electrons. The maximum absolute atomic E-state index is 12.6. The molecule has 0 spiro atoms. The van der Waals surface area contributed by atoms with Crippen LogP contribution in [0.3, 0.4) is 0 Å². The van der Waals surface area contributed by atoms with Crippen LogP contribution < -0.4 is 5.32 Å². The first kappa shape index (κ1) is 11.4. The van der Waals surface area contributed by atoms with Crippen molar-refractivity contribution in [3.8, 4) is 0 Å². The Hall–Kier alpha value is -1.11. The Kier molecular flexibility index (Phi) is 2.65. The van der Waals surface area contributed by atoms with Gasteiger partial charge in [0.2, 0.25) is 5.82 Å². The number of aromatic nitrogens is 3.